The molecule has 140 valence electrons. The first-order chi connectivity index (χ1) is 13.1. The number of aromatic nitrogens is 2. The molecular formula is C19H21N5O2S. The minimum atomic E-state index is -2.11. The Labute approximate surface area is 159 Å². The zero-order valence-corrected chi connectivity index (χ0v) is 15.6. The Morgan fingerprint density at radius 3 is 2.48 bits per heavy atom. The molecular weight excluding hydrogens is 362 g/mol. The molecule has 0 aliphatic carbocycles. The third-order valence-electron chi connectivity index (χ3n) is 3.89. The van der Waals surface area contributed by atoms with E-state index in [4.69, 9.17) is 4.78 Å². The Morgan fingerprint density at radius 2 is 1.85 bits per heavy atom. The topological polar surface area (TPSA) is 111 Å². The maximum absolute atomic E-state index is 11.2. The average Bonchev–Trinajstić information content (AvgIpc) is 2.69. The highest BCUT2D eigenvalue weighted by molar-refractivity contribution is 7.73. The van der Waals surface area contributed by atoms with Gasteiger partial charge in [-0.1, -0.05) is 30.3 Å². The first-order valence-electron chi connectivity index (χ1n) is 8.42. The summed E-state index contributed by atoms with van der Waals surface area (Å²) in [5.74, 6) is 1.01. The van der Waals surface area contributed by atoms with Crippen LogP contribution in [-0.4, -0.2) is 31.9 Å². The van der Waals surface area contributed by atoms with E-state index in [0.717, 1.165) is 16.8 Å². The van der Waals surface area contributed by atoms with E-state index in [1.807, 2.05) is 37.3 Å². The lowest BCUT2D eigenvalue weighted by Gasteiger charge is -2.16. The van der Waals surface area contributed by atoms with Gasteiger partial charge in [-0.2, -0.15) is 4.98 Å². The normalized spacial score (nSPS) is 13.0. The fraction of sp³-hybridized carbons (Fsp3) is 0.158. The van der Waals surface area contributed by atoms with Crippen LogP contribution in [0.25, 0.3) is 11.1 Å². The summed E-state index contributed by atoms with van der Waals surface area (Å²) >= 11 is 0. The maximum atomic E-state index is 11.2. The van der Waals surface area contributed by atoms with E-state index in [9.17, 15) is 9.32 Å². The van der Waals surface area contributed by atoms with Gasteiger partial charge in [-0.3, -0.25) is 4.78 Å². The van der Waals surface area contributed by atoms with Crippen LogP contribution in [0.2, 0.25) is 0 Å². The van der Waals surface area contributed by atoms with E-state index in [2.05, 4.69) is 20.6 Å². The van der Waals surface area contributed by atoms with Crippen molar-refractivity contribution in [2.75, 3.05) is 17.2 Å². The molecule has 2 atom stereocenters. The monoisotopic (exact) mass is 383 g/mol. The van der Waals surface area contributed by atoms with E-state index >= 15 is 0 Å². The molecule has 1 aromatic heterocycles. The van der Waals surface area contributed by atoms with Gasteiger partial charge in [0.1, 0.15) is 5.82 Å². The largest absolute Gasteiger partial charge is 0.394 e. The number of hydrogen-bond donors (Lipinski definition) is 5. The molecule has 0 amide bonds. The minimum Gasteiger partial charge on any atom is -0.394 e. The highest BCUT2D eigenvalue weighted by Gasteiger charge is 2.12. The minimum absolute atomic E-state index is 0.0201. The third kappa shape index (κ3) is 4.81. The van der Waals surface area contributed by atoms with Gasteiger partial charge in [0.25, 0.3) is 0 Å². The van der Waals surface area contributed by atoms with Crippen molar-refractivity contribution in [3.05, 3.63) is 60.8 Å². The number of anilines is 3. The predicted molar refractivity (Wildman–Crippen MR) is 108 cm³/mol. The summed E-state index contributed by atoms with van der Waals surface area (Å²) in [7, 11) is -2.11. The van der Waals surface area contributed by atoms with Crippen molar-refractivity contribution < 1.29 is 9.32 Å². The van der Waals surface area contributed by atoms with Crippen molar-refractivity contribution in [3.8, 4) is 11.1 Å². The Hall–Kier alpha value is -2.97. The van der Waals surface area contributed by atoms with Gasteiger partial charge in [0.15, 0.2) is 0 Å². The zero-order chi connectivity index (χ0) is 19.2. The van der Waals surface area contributed by atoms with Gasteiger partial charge in [0.2, 0.25) is 5.95 Å². The summed E-state index contributed by atoms with van der Waals surface area (Å²) in [6.07, 6.45) is 1.73. The van der Waals surface area contributed by atoms with Gasteiger partial charge in [-0.25, -0.2) is 9.19 Å². The number of aliphatic hydroxyl groups is 1. The molecule has 0 saturated heterocycles. The summed E-state index contributed by atoms with van der Waals surface area (Å²) in [5.41, 5.74) is 2.53. The fourth-order valence-electron chi connectivity index (χ4n) is 2.47. The number of aliphatic hydroxyl groups excluding tert-OH is 1. The molecule has 8 heteroatoms. The second-order valence-corrected chi connectivity index (χ2v) is 7.12. The average molecular weight is 383 g/mol. The molecule has 1 unspecified atom stereocenters. The molecule has 0 aliphatic rings. The quantitative estimate of drug-likeness (QED) is 0.401. The van der Waals surface area contributed by atoms with Crippen molar-refractivity contribution in [2.24, 2.45) is 0 Å². The maximum Gasteiger partial charge on any atom is 0.229 e. The molecule has 0 radical (unpaired) electrons. The molecule has 0 aliphatic heterocycles. The molecule has 0 saturated carbocycles. The van der Waals surface area contributed by atoms with Crippen LogP contribution in [0.4, 0.5) is 17.5 Å². The van der Waals surface area contributed by atoms with E-state index < -0.39 is 10.6 Å². The van der Waals surface area contributed by atoms with Gasteiger partial charge >= 0.3 is 0 Å². The van der Waals surface area contributed by atoms with E-state index in [1.165, 1.54) is 0 Å². The third-order valence-corrected chi connectivity index (χ3v) is 4.66. The zero-order valence-electron chi connectivity index (χ0n) is 14.8. The van der Waals surface area contributed by atoms with Crippen LogP contribution in [-0.2, 0) is 10.6 Å². The second kappa shape index (κ2) is 8.61. The predicted octanol–water partition coefficient (Wildman–Crippen LogP) is 3.28. The lowest BCUT2D eigenvalue weighted by Crippen LogP contribution is -2.21. The Bertz CT molecular complexity index is 967. The van der Waals surface area contributed by atoms with Crippen molar-refractivity contribution in [3.63, 3.8) is 0 Å². The summed E-state index contributed by atoms with van der Waals surface area (Å²) in [6, 6.07) is 16.4. The summed E-state index contributed by atoms with van der Waals surface area (Å²) in [4.78, 5) is 9.40. The smallest absolute Gasteiger partial charge is 0.229 e. The van der Waals surface area contributed by atoms with Gasteiger partial charge < -0.3 is 15.7 Å². The second-order valence-electron chi connectivity index (χ2n) is 6.02. The summed E-state index contributed by atoms with van der Waals surface area (Å²) < 4.78 is 18.5. The molecule has 4 N–H and O–H groups in total. The number of hydrogen-bond acceptors (Lipinski definition) is 7. The molecule has 0 fully saturated rings. The Morgan fingerprint density at radius 1 is 1.15 bits per heavy atom. The number of nitrogens with one attached hydrogen (secondary N) is 3. The van der Waals surface area contributed by atoms with Crippen LogP contribution in [0.1, 0.15) is 6.92 Å². The van der Waals surface area contributed by atoms with Crippen molar-refractivity contribution in [2.45, 2.75) is 17.9 Å². The fourth-order valence-corrected chi connectivity index (χ4v) is 2.89. The van der Waals surface area contributed by atoms with Crippen LogP contribution in [0.5, 0.6) is 0 Å². The van der Waals surface area contributed by atoms with Crippen molar-refractivity contribution in [1.82, 2.24) is 9.97 Å². The molecule has 0 bridgehead atoms. The van der Waals surface area contributed by atoms with Crippen molar-refractivity contribution >= 4 is 28.0 Å². The van der Waals surface area contributed by atoms with Gasteiger partial charge in [0.05, 0.1) is 17.2 Å². The molecule has 3 rings (SSSR count). The highest BCUT2D eigenvalue weighted by atomic mass is 32.2. The Kier molecular flexibility index (Phi) is 6.00. The first-order valence-corrected chi connectivity index (χ1v) is 9.68. The number of nitrogens with zero attached hydrogens (tertiary/aromatic N) is 2. The highest BCUT2D eigenvalue weighted by Crippen LogP contribution is 2.27. The van der Waals surface area contributed by atoms with Crippen LogP contribution in [0, 0.1) is 4.78 Å². The number of rotatable bonds is 7. The van der Waals surface area contributed by atoms with E-state index in [-0.39, 0.29) is 12.6 Å². The number of benzene rings is 2. The number of thiol groups is 1. The van der Waals surface area contributed by atoms with Crippen molar-refractivity contribution in [1.29, 1.82) is 4.78 Å². The van der Waals surface area contributed by atoms with Crippen LogP contribution >= 0.6 is 0 Å². The molecule has 7 nitrogen and oxygen atoms in total. The molecule has 0 spiro atoms. The molecule has 2 aromatic carbocycles. The van der Waals surface area contributed by atoms with Crippen LogP contribution in [0.15, 0.2) is 65.7 Å². The lowest BCUT2D eigenvalue weighted by atomic mass is 10.1. The molecule has 27 heavy (non-hydrogen) atoms. The summed E-state index contributed by atoms with van der Waals surface area (Å²) in [5, 5.41) is 15.7. The molecule has 3 aromatic rings. The lowest BCUT2D eigenvalue weighted by molar-refractivity contribution is 0.281. The van der Waals surface area contributed by atoms with Gasteiger partial charge in [0, 0.05) is 28.4 Å². The SMILES string of the molecule is C[C@H](CO)Nc1nc(Nc2ccc([SH](=N)=O)cc2)ncc1-c1ccccc1. The first kappa shape index (κ1) is 18.8. The van der Waals surface area contributed by atoms with Gasteiger partial charge in [-0.15, -0.1) is 0 Å². The van der Waals surface area contributed by atoms with Crippen LogP contribution < -0.4 is 10.6 Å². The van der Waals surface area contributed by atoms with Gasteiger partial charge in [-0.05, 0) is 36.8 Å². The molecule has 1 heterocycles. The standard InChI is InChI=1S/C19H21N5O2S/c1-13(12-25)22-18-17(14-5-3-2-4-6-14)11-21-19(24-18)23-15-7-9-16(10-8-15)27(20)26/h2-11,13,20,25,27H,12H2,1H3,(H2,21,22,23,24)/t13-/m1/s1. The Balaban J connectivity index is 1.91. The van der Waals surface area contributed by atoms with Crippen LogP contribution in [0.3, 0.4) is 0 Å². The summed E-state index contributed by atoms with van der Waals surface area (Å²) in [6.45, 7) is 1.85. The van der Waals surface area contributed by atoms with E-state index in [1.54, 1.807) is 30.5 Å². The van der Waals surface area contributed by atoms with E-state index in [0.29, 0.717) is 16.7 Å².